The van der Waals surface area contributed by atoms with Crippen molar-refractivity contribution in [1.82, 2.24) is 20.5 Å². The van der Waals surface area contributed by atoms with Crippen LogP contribution < -0.4 is 10.6 Å². The molecule has 3 rings (SSSR count). The van der Waals surface area contributed by atoms with Crippen LogP contribution in [0.2, 0.25) is 0 Å². The van der Waals surface area contributed by atoms with Crippen LogP contribution in [0.4, 0.5) is 10.1 Å². The Hall–Kier alpha value is -3.49. The molecule has 0 bridgehead atoms. The van der Waals surface area contributed by atoms with Gasteiger partial charge in [0.25, 0.3) is 0 Å². The van der Waals surface area contributed by atoms with Crippen molar-refractivity contribution in [3.8, 4) is 11.6 Å². The molecule has 8 nitrogen and oxygen atoms in total. The van der Waals surface area contributed by atoms with E-state index in [4.69, 9.17) is 4.42 Å². The zero-order valence-electron chi connectivity index (χ0n) is 12.2. The van der Waals surface area contributed by atoms with Gasteiger partial charge in [-0.05, 0) is 30.3 Å². The van der Waals surface area contributed by atoms with Crippen molar-refractivity contribution in [2.75, 3.05) is 5.32 Å². The topological polar surface area (TPSA) is 113 Å². The lowest BCUT2D eigenvalue weighted by atomic mass is 10.3. The third-order valence-electron chi connectivity index (χ3n) is 2.98. The molecular formula is C15H12FN5O3. The molecule has 2 heterocycles. The van der Waals surface area contributed by atoms with Crippen LogP contribution in [0.3, 0.4) is 0 Å². The Kier molecular flexibility index (Phi) is 4.32. The molecule has 24 heavy (non-hydrogen) atoms. The minimum atomic E-state index is -0.911. The van der Waals surface area contributed by atoms with E-state index in [1.54, 1.807) is 12.1 Å². The number of aromatic amines is 1. The van der Waals surface area contributed by atoms with Crippen molar-refractivity contribution in [3.63, 3.8) is 0 Å². The average Bonchev–Trinajstić information content (AvgIpc) is 3.23. The first kappa shape index (κ1) is 15.4. The molecular weight excluding hydrogens is 317 g/mol. The summed E-state index contributed by atoms with van der Waals surface area (Å²) in [7, 11) is 0. The van der Waals surface area contributed by atoms with Gasteiger partial charge >= 0.3 is 11.8 Å². The van der Waals surface area contributed by atoms with E-state index >= 15 is 0 Å². The van der Waals surface area contributed by atoms with Crippen LogP contribution >= 0.6 is 0 Å². The number of hydrogen-bond acceptors (Lipinski definition) is 5. The first-order chi connectivity index (χ1) is 11.6. The van der Waals surface area contributed by atoms with Crippen LogP contribution in [0, 0.1) is 5.82 Å². The molecule has 0 saturated heterocycles. The average molecular weight is 329 g/mol. The third kappa shape index (κ3) is 3.64. The summed E-state index contributed by atoms with van der Waals surface area (Å²) in [5.41, 5.74) is 0.190. The molecule has 0 radical (unpaired) electrons. The van der Waals surface area contributed by atoms with Crippen LogP contribution in [0.25, 0.3) is 11.6 Å². The number of amides is 2. The lowest BCUT2D eigenvalue weighted by molar-refractivity contribution is -0.136. The summed E-state index contributed by atoms with van der Waals surface area (Å²) < 4.78 is 18.2. The first-order valence-corrected chi connectivity index (χ1v) is 6.92. The molecule has 0 aliphatic heterocycles. The zero-order chi connectivity index (χ0) is 16.9. The van der Waals surface area contributed by atoms with Crippen molar-refractivity contribution in [1.29, 1.82) is 0 Å². The van der Waals surface area contributed by atoms with Crippen LogP contribution in [0.15, 0.2) is 47.1 Å². The van der Waals surface area contributed by atoms with E-state index in [0.29, 0.717) is 17.4 Å². The Morgan fingerprint density at radius 2 is 2.08 bits per heavy atom. The fourth-order valence-corrected chi connectivity index (χ4v) is 1.89. The lowest BCUT2D eigenvalue weighted by Crippen LogP contribution is -2.35. The zero-order valence-corrected chi connectivity index (χ0v) is 12.2. The lowest BCUT2D eigenvalue weighted by Gasteiger charge is -2.05. The number of anilines is 1. The van der Waals surface area contributed by atoms with E-state index in [0.717, 1.165) is 6.07 Å². The molecule has 0 atom stereocenters. The Bertz CT molecular complexity index is 860. The highest BCUT2D eigenvalue weighted by Crippen LogP contribution is 2.14. The molecule has 0 spiro atoms. The number of aromatic nitrogens is 3. The minimum absolute atomic E-state index is 0.0247. The van der Waals surface area contributed by atoms with E-state index in [-0.39, 0.29) is 12.2 Å². The van der Waals surface area contributed by atoms with Gasteiger partial charge in [-0.3, -0.25) is 14.7 Å². The van der Waals surface area contributed by atoms with Gasteiger partial charge in [0.1, 0.15) is 11.6 Å². The molecule has 2 amide bonds. The predicted molar refractivity (Wildman–Crippen MR) is 81.0 cm³/mol. The van der Waals surface area contributed by atoms with Crippen LogP contribution in [-0.4, -0.2) is 27.0 Å². The van der Waals surface area contributed by atoms with Crippen molar-refractivity contribution < 1.29 is 18.4 Å². The Labute approximate surface area is 135 Å². The maximum Gasteiger partial charge on any atom is 0.313 e. The highest BCUT2D eigenvalue weighted by Gasteiger charge is 2.15. The van der Waals surface area contributed by atoms with Gasteiger partial charge < -0.3 is 15.1 Å². The molecule has 3 N–H and O–H groups in total. The number of rotatable bonds is 4. The van der Waals surface area contributed by atoms with Crippen molar-refractivity contribution >= 4 is 17.5 Å². The molecule has 0 fully saturated rings. The summed E-state index contributed by atoms with van der Waals surface area (Å²) >= 11 is 0. The van der Waals surface area contributed by atoms with Crippen molar-refractivity contribution in [3.05, 3.63) is 54.3 Å². The van der Waals surface area contributed by atoms with Gasteiger partial charge in [-0.1, -0.05) is 6.07 Å². The molecule has 2 aromatic heterocycles. The Morgan fingerprint density at radius 1 is 1.21 bits per heavy atom. The smallest absolute Gasteiger partial charge is 0.313 e. The number of nitrogens with one attached hydrogen (secondary N) is 3. The van der Waals surface area contributed by atoms with E-state index in [9.17, 15) is 14.0 Å². The van der Waals surface area contributed by atoms with E-state index in [1.165, 1.54) is 24.5 Å². The summed E-state index contributed by atoms with van der Waals surface area (Å²) in [6, 6.07) is 8.63. The van der Waals surface area contributed by atoms with Gasteiger partial charge in [0.05, 0.1) is 12.8 Å². The molecule has 0 aliphatic rings. The molecule has 1 aromatic carbocycles. The molecule has 0 saturated carbocycles. The number of carbonyl (C=O) groups excluding carboxylic acids is 2. The molecule has 9 heteroatoms. The van der Waals surface area contributed by atoms with Gasteiger partial charge in [0, 0.05) is 5.69 Å². The fraction of sp³-hybridized carbons (Fsp3) is 0.0667. The number of benzene rings is 1. The molecule has 122 valence electrons. The summed E-state index contributed by atoms with van der Waals surface area (Å²) in [5.74, 6) is -1.13. The largest absolute Gasteiger partial charge is 0.461 e. The Balaban J connectivity index is 1.54. The minimum Gasteiger partial charge on any atom is -0.461 e. The van der Waals surface area contributed by atoms with Crippen molar-refractivity contribution in [2.45, 2.75) is 6.54 Å². The summed E-state index contributed by atoms with van der Waals surface area (Å²) in [4.78, 5) is 27.6. The maximum absolute atomic E-state index is 13.0. The standard InChI is InChI=1S/C15H12FN5O3/c16-9-3-1-4-10(7-9)18-15(23)14(22)17-8-12-19-13(21-20-12)11-5-2-6-24-11/h1-7H,8H2,(H,17,22)(H,18,23)(H,19,20,21). The van der Waals surface area contributed by atoms with Crippen LogP contribution in [0.5, 0.6) is 0 Å². The third-order valence-corrected chi connectivity index (χ3v) is 2.98. The van der Waals surface area contributed by atoms with Gasteiger partial charge in [0.15, 0.2) is 5.76 Å². The van der Waals surface area contributed by atoms with Gasteiger partial charge in [0.2, 0.25) is 5.82 Å². The van der Waals surface area contributed by atoms with E-state index in [2.05, 4.69) is 25.8 Å². The summed E-state index contributed by atoms with van der Waals surface area (Å²) in [6.07, 6.45) is 1.49. The normalized spacial score (nSPS) is 10.4. The molecule has 0 aliphatic carbocycles. The van der Waals surface area contributed by atoms with Gasteiger partial charge in [-0.15, -0.1) is 5.10 Å². The number of H-pyrrole nitrogens is 1. The second-order valence-electron chi connectivity index (χ2n) is 4.73. The maximum atomic E-state index is 13.0. The number of hydrogen-bond donors (Lipinski definition) is 3. The van der Waals surface area contributed by atoms with Gasteiger partial charge in [-0.25, -0.2) is 9.37 Å². The number of halogens is 1. The second-order valence-corrected chi connectivity index (χ2v) is 4.73. The number of carbonyl (C=O) groups is 2. The number of furan rings is 1. The van der Waals surface area contributed by atoms with Crippen molar-refractivity contribution in [2.24, 2.45) is 0 Å². The summed E-state index contributed by atoms with van der Waals surface area (Å²) in [6.45, 7) is -0.0247. The quantitative estimate of drug-likeness (QED) is 0.627. The first-order valence-electron chi connectivity index (χ1n) is 6.92. The monoisotopic (exact) mass is 329 g/mol. The molecule has 3 aromatic rings. The number of nitrogens with zero attached hydrogens (tertiary/aromatic N) is 2. The highest BCUT2D eigenvalue weighted by molar-refractivity contribution is 6.39. The molecule has 0 unspecified atom stereocenters. The van der Waals surface area contributed by atoms with Crippen LogP contribution in [0.1, 0.15) is 5.82 Å². The second kappa shape index (κ2) is 6.73. The van der Waals surface area contributed by atoms with E-state index < -0.39 is 17.6 Å². The highest BCUT2D eigenvalue weighted by atomic mass is 19.1. The SMILES string of the molecule is O=C(NCc1nc(-c2ccco2)n[nH]1)C(=O)Nc1cccc(F)c1. The predicted octanol–water partition coefficient (Wildman–Crippen LogP) is 1.46. The van der Waals surface area contributed by atoms with E-state index in [1.807, 2.05) is 0 Å². The fourth-order valence-electron chi connectivity index (χ4n) is 1.89. The van der Waals surface area contributed by atoms with Gasteiger partial charge in [-0.2, -0.15) is 0 Å². The summed E-state index contributed by atoms with van der Waals surface area (Å²) in [5, 5.41) is 11.2. The van der Waals surface area contributed by atoms with Crippen LogP contribution in [-0.2, 0) is 16.1 Å². The Morgan fingerprint density at radius 3 is 2.83 bits per heavy atom.